The molecule has 0 unspecified atom stereocenters. The Kier molecular flexibility index (Phi) is 20.0. The van der Waals surface area contributed by atoms with Crippen LogP contribution in [0.5, 0.6) is 0 Å². The van der Waals surface area contributed by atoms with Crippen molar-refractivity contribution in [2.75, 3.05) is 0 Å². The molecule has 0 aromatic heterocycles. The Bertz CT molecular complexity index is 287. The van der Waals surface area contributed by atoms with Crippen molar-refractivity contribution >= 4 is 11.9 Å². The number of unbranched alkanes of at least 4 members (excludes halogenated alkanes) is 8. The molecule has 2 N–H and O–H groups in total. The second-order valence-electron chi connectivity index (χ2n) is 5.18. The smallest absolute Gasteiger partial charge is 0.327 e. The highest BCUT2D eigenvalue weighted by atomic mass is 16.4. The maximum absolute atomic E-state index is 10.0. The van der Waals surface area contributed by atoms with Crippen molar-refractivity contribution < 1.29 is 19.8 Å². The van der Waals surface area contributed by atoms with E-state index in [4.69, 9.17) is 10.2 Å². The first-order valence-electron chi connectivity index (χ1n) is 8.33. The third-order valence-corrected chi connectivity index (χ3v) is 2.97. The largest absolute Gasteiger partial charge is 0.478 e. The molecule has 22 heavy (non-hydrogen) atoms. The molecule has 0 spiro atoms. The summed E-state index contributed by atoms with van der Waals surface area (Å²) in [5.41, 5.74) is 0. The number of allylic oxidation sites excluding steroid dienone is 2. The average Bonchev–Trinajstić information content (AvgIpc) is 2.46. The molecule has 0 saturated heterocycles. The van der Waals surface area contributed by atoms with Crippen molar-refractivity contribution in [2.45, 2.75) is 78.1 Å². The van der Waals surface area contributed by atoms with Gasteiger partial charge in [-0.2, -0.15) is 0 Å². The van der Waals surface area contributed by atoms with Crippen molar-refractivity contribution in [1.29, 1.82) is 0 Å². The Morgan fingerprint density at radius 1 is 0.682 bits per heavy atom. The summed E-state index contributed by atoms with van der Waals surface area (Å²) in [4.78, 5) is 20.0. The van der Waals surface area contributed by atoms with Gasteiger partial charge in [0.2, 0.25) is 0 Å². The first kappa shape index (κ1) is 22.7. The zero-order valence-electron chi connectivity index (χ0n) is 14.1. The minimum atomic E-state index is -0.847. The zero-order valence-corrected chi connectivity index (χ0v) is 14.1. The number of carboxylic acids is 2. The Morgan fingerprint density at radius 2 is 1.05 bits per heavy atom. The van der Waals surface area contributed by atoms with Gasteiger partial charge in [-0.3, -0.25) is 0 Å². The fourth-order valence-electron chi connectivity index (χ4n) is 1.75. The van der Waals surface area contributed by atoms with E-state index in [-0.39, 0.29) is 0 Å². The van der Waals surface area contributed by atoms with Gasteiger partial charge in [0.15, 0.2) is 0 Å². The molecule has 0 atom stereocenters. The van der Waals surface area contributed by atoms with E-state index in [1.807, 2.05) is 0 Å². The van der Waals surface area contributed by atoms with Gasteiger partial charge in [0.05, 0.1) is 0 Å². The van der Waals surface area contributed by atoms with E-state index in [0.717, 1.165) is 25.7 Å². The van der Waals surface area contributed by atoms with Crippen LogP contribution in [-0.4, -0.2) is 22.2 Å². The molecule has 0 amide bonds. The van der Waals surface area contributed by atoms with E-state index in [0.29, 0.717) is 0 Å². The van der Waals surface area contributed by atoms with E-state index < -0.39 is 11.9 Å². The fraction of sp³-hybridized carbons (Fsp3) is 0.667. The van der Waals surface area contributed by atoms with Crippen LogP contribution in [0.3, 0.4) is 0 Å². The molecule has 0 rings (SSSR count). The summed E-state index contributed by atoms with van der Waals surface area (Å²) in [5, 5.41) is 16.5. The highest BCUT2D eigenvalue weighted by Crippen LogP contribution is 2.03. The molecular formula is C18H32O4. The second kappa shape index (κ2) is 19.4. The van der Waals surface area contributed by atoms with Gasteiger partial charge in [0, 0.05) is 12.2 Å². The topological polar surface area (TPSA) is 74.6 Å². The summed E-state index contributed by atoms with van der Waals surface area (Å²) in [6, 6.07) is 0. The van der Waals surface area contributed by atoms with Crippen LogP contribution in [0.15, 0.2) is 24.3 Å². The second-order valence-corrected chi connectivity index (χ2v) is 5.18. The van der Waals surface area contributed by atoms with Crippen LogP contribution in [0.2, 0.25) is 0 Å². The lowest BCUT2D eigenvalue weighted by atomic mass is 10.1. The lowest BCUT2D eigenvalue weighted by molar-refractivity contribution is -0.132. The predicted molar refractivity (Wildman–Crippen MR) is 91.1 cm³/mol. The van der Waals surface area contributed by atoms with Crippen LogP contribution in [0, 0.1) is 0 Å². The molecule has 128 valence electrons. The van der Waals surface area contributed by atoms with Crippen molar-refractivity contribution in [3.63, 3.8) is 0 Å². The maximum atomic E-state index is 10.0. The van der Waals surface area contributed by atoms with Gasteiger partial charge >= 0.3 is 11.9 Å². The SMILES string of the molecule is CCCCCCC=CC(=O)O.CCCCCCC=CC(=O)O. The summed E-state index contributed by atoms with van der Waals surface area (Å²) in [5.74, 6) is -1.69. The standard InChI is InChI=1S/2C9H16O2/c2*1-2-3-4-5-6-7-8-9(10)11/h2*7-8H,2-6H2,1H3,(H,10,11). The molecule has 0 aliphatic rings. The predicted octanol–water partition coefficient (Wildman–Crippen LogP) is 5.20. The van der Waals surface area contributed by atoms with Crippen molar-refractivity contribution in [2.24, 2.45) is 0 Å². The van der Waals surface area contributed by atoms with Crippen LogP contribution < -0.4 is 0 Å². The Labute approximate surface area is 134 Å². The summed E-state index contributed by atoms with van der Waals surface area (Å²) < 4.78 is 0. The molecule has 4 nitrogen and oxygen atoms in total. The summed E-state index contributed by atoms with van der Waals surface area (Å²) >= 11 is 0. The number of hydrogen-bond donors (Lipinski definition) is 2. The van der Waals surface area contributed by atoms with Crippen LogP contribution in [0.25, 0.3) is 0 Å². The highest BCUT2D eigenvalue weighted by molar-refractivity contribution is 5.79. The van der Waals surface area contributed by atoms with E-state index in [1.54, 1.807) is 12.2 Å². The lowest BCUT2D eigenvalue weighted by Crippen LogP contribution is -1.85. The third kappa shape index (κ3) is 26.9. The highest BCUT2D eigenvalue weighted by Gasteiger charge is 1.87. The molecule has 0 aromatic rings. The fourth-order valence-corrected chi connectivity index (χ4v) is 1.75. The number of carbonyl (C=O) groups is 2. The van der Waals surface area contributed by atoms with E-state index >= 15 is 0 Å². The first-order chi connectivity index (χ1) is 10.5. The van der Waals surface area contributed by atoms with Crippen LogP contribution in [0.4, 0.5) is 0 Å². The van der Waals surface area contributed by atoms with E-state index in [9.17, 15) is 9.59 Å². The minimum Gasteiger partial charge on any atom is -0.478 e. The van der Waals surface area contributed by atoms with E-state index in [1.165, 1.54) is 50.7 Å². The van der Waals surface area contributed by atoms with Gasteiger partial charge in [-0.15, -0.1) is 0 Å². The molecule has 0 aromatic carbocycles. The molecule has 0 heterocycles. The first-order valence-corrected chi connectivity index (χ1v) is 8.33. The summed E-state index contributed by atoms with van der Waals surface area (Å²) in [7, 11) is 0. The van der Waals surface area contributed by atoms with Gasteiger partial charge < -0.3 is 10.2 Å². The van der Waals surface area contributed by atoms with Crippen LogP contribution in [0.1, 0.15) is 78.1 Å². The van der Waals surface area contributed by atoms with Gasteiger partial charge in [0.25, 0.3) is 0 Å². The molecule has 0 radical (unpaired) electrons. The quantitative estimate of drug-likeness (QED) is 0.384. The molecule has 0 aliphatic carbocycles. The molecule has 0 aliphatic heterocycles. The lowest BCUT2D eigenvalue weighted by Gasteiger charge is -1.92. The van der Waals surface area contributed by atoms with E-state index in [2.05, 4.69) is 13.8 Å². The number of aliphatic carboxylic acids is 2. The Balaban J connectivity index is 0. The van der Waals surface area contributed by atoms with Gasteiger partial charge in [-0.05, 0) is 25.7 Å². The Morgan fingerprint density at radius 3 is 1.32 bits per heavy atom. The molecule has 4 heteroatoms. The van der Waals surface area contributed by atoms with Gasteiger partial charge in [0.1, 0.15) is 0 Å². The number of carboxylic acid groups (broad SMARTS) is 2. The van der Waals surface area contributed by atoms with Crippen molar-refractivity contribution in [3.05, 3.63) is 24.3 Å². The molecule has 0 bridgehead atoms. The zero-order chi connectivity index (χ0) is 17.1. The third-order valence-electron chi connectivity index (χ3n) is 2.97. The molecular weight excluding hydrogens is 280 g/mol. The average molecular weight is 312 g/mol. The molecule has 0 fully saturated rings. The van der Waals surface area contributed by atoms with Gasteiger partial charge in [-0.1, -0.05) is 64.5 Å². The summed E-state index contributed by atoms with van der Waals surface area (Å²) in [6.07, 6.45) is 17.2. The number of rotatable bonds is 12. The van der Waals surface area contributed by atoms with Gasteiger partial charge in [-0.25, -0.2) is 9.59 Å². The summed E-state index contributed by atoms with van der Waals surface area (Å²) in [6.45, 7) is 4.32. The normalized spacial score (nSPS) is 10.6. The maximum Gasteiger partial charge on any atom is 0.327 e. The van der Waals surface area contributed by atoms with Crippen LogP contribution >= 0.6 is 0 Å². The number of hydrogen-bond acceptors (Lipinski definition) is 2. The monoisotopic (exact) mass is 312 g/mol. The molecule has 0 saturated carbocycles. The van der Waals surface area contributed by atoms with Crippen molar-refractivity contribution in [1.82, 2.24) is 0 Å². The van der Waals surface area contributed by atoms with Crippen LogP contribution in [-0.2, 0) is 9.59 Å². The minimum absolute atomic E-state index is 0.847. The van der Waals surface area contributed by atoms with Crippen molar-refractivity contribution in [3.8, 4) is 0 Å². The Hall–Kier alpha value is -1.58.